The number of piperidine rings is 1. The number of nitrogens with one attached hydrogen (secondary N) is 2. The average molecular weight is 417 g/mol. The second-order valence-corrected chi connectivity index (χ2v) is 7.71. The van der Waals surface area contributed by atoms with Gasteiger partial charge in [0.1, 0.15) is 5.82 Å². The third-order valence-corrected chi connectivity index (χ3v) is 5.54. The largest absolute Gasteiger partial charge is 0.326 e. The molecule has 158 valence electrons. The number of carbonyl (C=O) groups excluding carboxylic acids is 2. The lowest BCUT2D eigenvalue weighted by atomic mass is 9.84. The van der Waals surface area contributed by atoms with Gasteiger partial charge >= 0.3 is 6.03 Å². The smallest absolute Gasteiger partial charge is 0.321 e. The van der Waals surface area contributed by atoms with E-state index in [1.807, 2.05) is 60.7 Å². The van der Waals surface area contributed by atoms with Gasteiger partial charge in [-0.05, 0) is 36.2 Å². The molecule has 1 saturated heterocycles. The lowest BCUT2D eigenvalue weighted by Crippen LogP contribution is -2.48. The standard InChI is InChI=1S/C25H24FN3O2/c26-22-13-7-8-14-23(22)28-25(31)29-16-19(18-9-3-1-4-10-18)15-20(17-29)24(30)27-21-11-5-2-6-12-21/h1-14,19-20H,15-17H2,(H,27,30)(H,28,31). The molecule has 1 heterocycles. The second kappa shape index (κ2) is 9.43. The maximum atomic E-state index is 14.0. The molecule has 3 amide bonds. The molecule has 3 aromatic carbocycles. The van der Waals surface area contributed by atoms with Gasteiger partial charge in [-0.25, -0.2) is 9.18 Å². The van der Waals surface area contributed by atoms with E-state index in [1.54, 1.807) is 17.0 Å². The molecule has 1 aliphatic heterocycles. The summed E-state index contributed by atoms with van der Waals surface area (Å²) in [4.78, 5) is 27.5. The third kappa shape index (κ3) is 5.09. The van der Waals surface area contributed by atoms with Crippen molar-refractivity contribution in [1.82, 2.24) is 4.90 Å². The fourth-order valence-corrected chi connectivity index (χ4v) is 3.94. The van der Waals surface area contributed by atoms with Crippen LogP contribution in [-0.4, -0.2) is 29.9 Å². The quantitative estimate of drug-likeness (QED) is 0.620. The van der Waals surface area contributed by atoms with Gasteiger partial charge in [-0.2, -0.15) is 0 Å². The Morgan fingerprint density at radius 1 is 0.806 bits per heavy atom. The van der Waals surface area contributed by atoms with Gasteiger partial charge in [0.15, 0.2) is 0 Å². The molecule has 0 aliphatic carbocycles. The van der Waals surface area contributed by atoms with Crippen molar-refractivity contribution in [3.8, 4) is 0 Å². The van der Waals surface area contributed by atoms with Crippen molar-refractivity contribution >= 4 is 23.3 Å². The van der Waals surface area contributed by atoms with Gasteiger partial charge in [0, 0.05) is 24.7 Å². The summed E-state index contributed by atoms with van der Waals surface area (Å²) in [6.45, 7) is 0.724. The predicted octanol–water partition coefficient (Wildman–Crippen LogP) is 5.10. The van der Waals surface area contributed by atoms with E-state index in [9.17, 15) is 14.0 Å². The lowest BCUT2D eigenvalue weighted by Gasteiger charge is -2.37. The first-order valence-electron chi connectivity index (χ1n) is 10.3. The molecule has 31 heavy (non-hydrogen) atoms. The topological polar surface area (TPSA) is 61.4 Å². The molecule has 0 radical (unpaired) electrons. The molecular weight excluding hydrogens is 393 g/mol. The van der Waals surface area contributed by atoms with Crippen LogP contribution in [0.25, 0.3) is 0 Å². The lowest BCUT2D eigenvalue weighted by molar-refractivity contribution is -0.121. The Morgan fingerprint density at radius 3 is 2.16 bits per heavy atom. The van der Waals surface area contributed by atoms with Crippen molar-refractivity contribution in [1.29, 1.82) is 0 Å². The van der Waals surface area contributed by atoms with Crippen molar-refractivity contribution < 1.29 is 14.0 Å². The molecule has 6 heteroatoms. The Balaban J connectivity index is 1.53. The zero-order valence-electron chi connectivity index (χ0n) is 17.0. The van der Waals surface area contributed by atoms with Gasteiger partial charge in [-0.1, -0.05) is 60.7 Å². The van der Waals surface area contributed by atoms with Gasteiger partial charge < -0.3 is 15.5 Å². The van der Waals surface area contributed by atoms with E-state index < -0.39 is 11.8 Å². The first kappa shape index (κ1) is 20.6. The summed E-state index contributed by atoms with van der Waals surface area (Å²) in [5.41, 5.74) is 1.92. The summed E-state index contributed by atoms with van der Waals surface area (Å²) in [5, 5.41) is 5.59. The number of hydrogen-bond acceptors (Lipinski definition) is 2. The number of para-hydroxylation sites is 2. The third-order valence-electron chi connectivity index (χ3n) is 5.54. The van der Waals surface area contributed by atoms with Crippen molar-refractivity contribution in [3.63, 3.8) is 0 Å². The van der Waals surface area contributed by atoms with Gasteiger partial charge in [-0.3, -0.25) is 4.79 Å². The minimum atomic E-state index is -0.495. The van der Waals surface area contributed by atoms with E-state index in [0.717, 1.165) is 11.3 Å². The van der Waals surface area contributed by atoms with Crippen LogP contribution in [-0.2, 0) is 4.79 Å². The Hall–Kier alpha value is -3.67. The van der Waals surface area contributed by atoms with Crippen molar-refractivity contribution in [3.05, 3.63) is 96.3 Å². The average Bonchev–Trinajstić information content (AvgIpc) is 2.81. The molecule has 2 atom stereocenters. The van der Waals surface area contributed by atoms with Crippen molar-refractivity contribution in [2.75, 3.05) is 23.7 Å². The van der Waals surface area contributed by atoms with Crippen LogP contribution in [0.3, 0.4) is 0 Å². The molecular formula is C25H24FN3O2. The van der Waals surface area contributed by atoms with E-state index in [2.05, 4.69) is 10.6 Å². The Kier molecular flexibility index (Phi) is 6.26. The molecule has 4 rings (SSSR count). The van der Waals surface area contributed by atoms with Gasteiger partial charge in [0.2, 0.25) is 5.91 Å². The minimum Gasteiger partial charge on any atom is -0.326 e. The highest BCUT2D eigenvalue weighted by molar-refractivity contribution is 5.94. The van der Waals surface area contributed by atoms with E-state index in [-0.39, 0.29) is 30.0 Å². The maximum Gasteiger partial charge on any atom is 0.321 e. The van der Waals surface area contributed by atoms with Crippen LogP contribution in [0.15, 0.2) is 84.9 Å². The molecule has 0 saturated carbocycles. The molecule has 5 nitrogen and oxygen atoms in total. The van der Waals surface area contributed by atoms with Crippen LogP contribution in [0.1, 0.15) is 17.9 Å². The number of hydrogen-bond donors (Lipinski definition) is 2. The molecule has 1 aliphatic rings. The SMILES string of the molecule is O=C(Nc1ccccc1)C1CC(c2ccccc2)CN(C(=O)Nc2ccccc2F)C1. The van der Waals surface area contributed by atoms with Crippen LogP contribution in [0.5, 0.6) is 0 Å². The van der Waals surface area contributed by atoms with E-state index in [1.165, 1.54) is 12.1 Å². The van der Waals surface area contributed by atoms with Crippen molar-refractivity contribution in [2.24, 2.45) is 5.92 Å². The molecule has 0 spiro atoms. The summed E-state index contributed by atoms with van der Waals surface area (Å²) in [6, 6.07) is 24.8. The van der Waals surface area contributed by atoms with Gasteiger partial charge in [-0.15, -0.1) is 0 Å². The highest BCUT2D eigenvalue weighted by Crippen LogP contribution is 2.31. The minimum absolute atomic E-state index is 0.00726. The van der Waals surface area contributed by atoms with Crippen LogP contribution in [0.4, 0.5) is 20.6 Å². The summed E-state index contributed by atoms with van der Waals surface area (Å²) in [6.07, 6.45) is 0.631. The molecule has 2 N–H and O–H groups in total. The van der Waals surface area contributed by atoms with Crippen molar-refractivity contribution in [2.45, 2.75) is 12.3 Å². The first-order chi connectivity index (χ1) is 15.1. The highest BCUT2D eigenvalue weighted by atomic mass is 19.1. The number of amides is 3. The number of benzene rings is 3. The highest BCUT2D eigenvalue weighted by Gasteiger charge is 2.34. The maximum absolute atomic E-state index is 14.0. The molecule has 1 fully saturated rings. The summed E-state index contributed by atoms with van der Waals surface area (Å²) < 4.78 is 14.0. The second-order valence-electron chi connectivity index (χ2n) is 7.71. The first-order valence-corrected chi connectivity index (χ1v) is 10.3. The summed E-state index contributed by atoms with van der Waals surface area (Å²) >= 11 is 0. The molecule has 0 bridgehead atoms. The number of carbonyl (C=O) groups is 2. The van der Waals surface area contributed by atoms with Gasteiger partial charge in [0.25, 0.3) is 0 Å². The van der Waals surface area contributed by atoms with E-state index >= 15 is 0 Å². The number of rotatable bonds is 4. The summed E-state index contributed by atoms with van der Waals surface area (Å²) in [5.74, 6) is -1.00. The van der Waals surface area contributed by atoms with Crippen LogP contribution < -0.4 is 10.6 Å². The number of halogens is 1. The fourth-order valence-electron chi connectivity index (χ4n) is 3.94. The monoisotopic (exact) mass is 417 g/mol. The number of urea groups is 1. The Labute approximate surface area is 180 Å². The van der Waals surface area contributed by atoms with Crippen LogP contribution in [0, 0.1) is 11.7 Å². The van der Waals surface area contributed by atoms with E-state index in [4.69, 9.17) is 0 Å². The predicted molar refractivity (Wildman–Crippen MR) is 119 cm³/mol. The van der Waals surface area contributed by atoms with Crippen LogP contribution >= 0.6 is 0 Å². The number of likely N-dealkylation sites (tertiary alicyclic amines) is 1. The Bertz CT molecular complexity index is 1040. The molecule has 2 unspecified atom stereocenters. The van der Waals surface area contributed by atoms with Gasteiger partial charge in [0.05, 0.1) is 11.6 Å². The number of anilines is 2. The summed E-state index contributed by atoms with van der Waals surface area (Å²) in [7, 11) is 0. The van der Waals surface area contributed by atoms with E-state index in [0.29, 0.717) is 13.0 Å². The van der Waals surface area contributed by atoms with Crippen LogP contribution in [0.2, 0.25) is 0 Å². The Morgan fingerprint density at radius 2 is 1.45 bits per heavy atom. The molecule has 3 aromatic rings. The molecule has 0 aromatic heterocycles. The zero-order chi connectivity index (χ0) is 21.6. The number of nitrogens with zero attached hydrogens (tertiary/aromatic N) is 1. The zero-order valence-corrected chi connectivity index (χ0v) is 17.0. The normalized spacial score (nSPS) is 18.3. The fraction of sp³-hybridized carbons (Fsp3) is 0.200.